The van der Waals surface area contributed by atoms with E-state index in [1.165, 1.54) is 12.1 Å². The van der Waals surface area contributed by atoms with Crippen LogP contribution in [0.4, 0.5) is 0 Å². The first-order chi connectivity index (χ1) is 6.18. The summed E-state index contributed by atoms with van der Waals surface area (Å²) in [5.41, 5.74) is 0.144. The van der Waals surface area contributed by atoms with Gasteiger partial charge in [-0.1, -0.05) is 6.07 Å². The van der Waals surface area contributed by atoms with E-state index in [-0.39, 0.29) is 11.5 Å². The number of hydrogen-bond acceptors (Lipinski definition) is 3. The van der Waals surface area contributed by atoms with Crippen molar-refractivity contribution < 1.29 is 10.2 Å². The summed E-state index contributed by atoms with van der Waals surface area (Å²) in [6, 6.07) is 6.56. The fraction of sp³-hybridized carbons (Fsp3) is 0.300. The number of hydrogen-bond donors (Lipinski definition) is 2. The Balaban J connectivity index is 2.48. The Morgan fingerprint density at radius 1 is 1.31 bits per heavy atom. The second kappa shape index (κ2) is 2.40. The summed E-state index contributed by atoms with van der Waals surface area (Å²) in [4.78, 5) is 0. The highest BCUT2D eigenvalue weighted by Crippen LogP contribution is 2.50. The van der Waals surface area contributed by atoms with Gasteiger partial charge in [-0.3, -0.25) is 0 Å². The van der Waals surface area contributed by atoms with E-state index >= 15 is 0 Å². The van der Waals surface area contributed by atoms with Gasteiger partial charge in [-0.2, -0.15) is 5.26 Å². The molecule has 2 N–H and O–H groups in total. The second-order valence-electron chi connectivity index (χ2n) is 3.40. The van der Waals surface area contributed by atoms with Gasteiger partial charge in [-0.25, -0.2) is 0 Å². The van der Waals surface area contributed by atoms with Gasteiger partial charge >= 0.3 is 0 Å². The molecular formula is C10H9NO2. The van der Waals surface area contributed by atoms with Gasteiger partial charge in [0.1, 0.15) is 11.5 Å². The molecule has 0 heterocycles. The lowest BCUT2D eigenvalue weighted by Crippen LogP contribution is -2.02. The SMILES string of the molecule is N#CC1(c2ccc(O)cc2O)CC1. The zero-order valence-corrected chi connectivity index (χ0v) is 6.99. The van der Waals surface area contributed by atoms with Crippen LogP contribution in [0.2, 0.25) is 0 Å². The van der Waals surface area contributed by atoms with Crippen molar-refractivity contribution >= 4 is 0 Å². The first-order valence-electron chi connectivity index (χ1n) is 4.12. The zero-order valence-electron chi connectivity index (χ0n) is 6.99. The summed E-state index contributed by atoms with van der Waals surface area (Å²) in [6.07, 6.45) is 1.59. The molecule has 1 saturated carbocycles. The van der Waals surface area contributed by atoms with E-state index in [9.17, 15) is 5.11 Å². The Bertz CT molecular complexity index is 388. The summed E-state index contributed by atoms with van der Waals surface area (Å²) in [7, 11) is 0. The molecule has 66 valence electrons. The second-order valence-corrected chi connectivity index (χ2v) is 3.40. The lowest BCUT2D eigenvalue weighted by molar-refractivity contribution is 0.444. The van der Waals surface area contributed by atoms with Gasteiger partial charge in [-0.15, -0.1) is 0 Å². The average Bonchev–Trinajstić information content (AvgIpc) is 2.85. The number of phenols is 2. The van der Waals surface area contributed by atoms with Gasteiger partial charge in [0.05, 0.1) is 11.5 Å². The first-order valence-corrected chi connectivity index (χ1v) is 4.12. The Morgan fingerprint density at radius 3 is 2.46 bits per heavy atom. The van der Waals surface area contributed by atoms with Gasteiger partial charge in [0.2, 0.25) is 0 Å². The fourth-order valence-corrected chi connectivity index (χ4v) is 1.49. The highest BCUT2D eigenvalue weighted by atomic mass is 16.3. The van der Waals surface area contributed by atoms with Crippen molar-refractivity contribution in [2.24, 2.45) is 0 Å². The molecular weight excluding hydrogens is 166 g/mol. The van der Waals surface area contributed by atoms with E-state index in [0.29, 0.717) is 5.56 Å². The maximum absolute atomic E-state index is 9.49. The molecule has 0 aliphatic heterocycles. The van der Waals surface area contributed by atoms with Crippen molar-refractivity contribution in [1.82, 2.24) is 0 Å². The van der Waals surface area contributed by atoms with Crippen LogP contribution in [0.25, 0.3) is 0 Å². The summed E-state index contributed by atoms with van der Waals surface area (Å²) < 4.78 is 0. The van der Waals surface area contributed by atoms with Crippen LogP contribution in [-0.4, -0.2) is 10.2 Å². The van der Waals surface area contributed by atoms with Gasteiger partial charge in [-0.05, 0) is 18.9 Å². The monoisotopic (exact) mass is 175 g/mol. The number of nitrogens with zero attached hydrogens (tertiary/aromatic N) is 1. The molecule has 3 heteroatoms. The molecule has 2 rings (SSSR count). The van der Waals surface area contributed by atoms with Crippen LogP contribution < -0.4 is 0 Å². The van der Waals surface area contributed by atoms with Gasteiger partial charge in [0, 0.05) is 11.6 Å². The molecule has 13 heavy (non-hydrogen) atoms. The van der Waals surface area contributed by atoms with E-state index < -0.39 is 5.41 Å². The molecule has 0 radical (unpaired) electrons. The van der Waals surface area contributed by atoms with Crippen molar-refractivity contribution in [1.29, 1.82) is 5.26 Å². The van der Waals surface area contributed by atoms with Crippen LogP contribution in [0.15, 0.2) is 18.2 Å². The molecule has 0 unspecified atom stereocenters. The largest absolute Gasteiger partial charge is 0.508 e. The van der Waals surface area contributed by atoms with Crippen molar-refractivity contribution in [3.8, 4) is 17.6 Å². The summed E-state index contributed by atoms with van der Waals surface area (Å²) in [5.74, 6) is 0.0361. The van der Waals surface area contributed by atoms with Crippen molar-refractivity contribution in [3.05, 3.63) is 23.8 Å². The van der Waals surface area contributed by atoms with Crippen LogP contribution in [-0.2, 0) is 5.41 Å². The number of benzene rings is 1. The minimum atomic E-state index is -0.488. The van der Waals surface area contributed by atoms with Crippen LogP contribution in [0.1, 0.15) is 18.4 Å². The normalized spacial score (nSPS) is 17.8. The van der Waals surface area contributed by atoms with E-state index in [1.54, 1.807) is 6.07 Å². The molecule has 1 fully saturated rings. The summed E-state index contributed by atoms with van der Waals surface area (Å²) in [5, 5.41) is 27.4. The minimum absolute atomic E-state index is 0.0130. The highest BCUT2D eigenvalue weighted by molar-refractivity contribution is 5.49. The average molecular weight is 175 g/mol. The Kier molecular flexibility index (Phi) is 1.46. The molecule has 1 aromatic carbocycles. The van der Waals surface area contributed by atoms with E-state index in [1.807, 2.05) is 0 Å². The topological polar surface area (TPSA) is 64.2 Å². The van der Waals surface area contributed by atoms with Gasteiger partial charge in [0.25, 0.3) is 0 Å². The zero-order chi connectivity index (χ0) is 9.47. The number of nitriles is 1. The lowest BCUT2D eigenvalue weighted by atomic mass is 9.97. The number of aromatic hydroxyl groups is 2. The van der Waals surface area contributed by atoms with Crippen LogP contribution in [0.5, 0.6) is 11.5 Å². The highest BCUT2D eigenvalue weighted by Gasteiger charge is 2.46. The molecule has 1 aromatic rings. The Morgan fingerprint density at radius 2 is 2.00 bits per heavy atom. The van der Waals surface area contributed by atoms with Crippen molar-refractivity contribution in [2.75, 3.05) is 0 Å². The third kappa shape index (κ3) is 1.11. The van der Waals surface area contributed by atoms with Gasteiger partial charge in [0.15, 0.2) is 0 Å². The van der Waals surface area contributed by atoms with E-state index in [2.05, 4.69) is 6.07 Å². The summed E-state index contributed by atoms with van der Waals surface area (Å²) >= 11 is 0. The minimum Gasteiger partial charge on any atom is -0.508 e. The van der Waals surface area contributed by atoms with Gasteiger partial charge < -0.3 is 10.2 Å². The van der Waals surface area contributed by atoms with Crippen LogP contribution >= 0.6 is 0 Å². The molecule has 1 aliphatic carbocycles. The molecule has 0 aromatic heterocycles. The quantitative estimate of drug-likeness (QED) is 0.682. The van der Waals surface area contributed by atoms with E-state index in [0.717, 1.165) is 12.8 Å². The molecule has 1 aliphatic rings. The summed E-state index contributed by atoms with van der Waals surface area (Å²) in [6.45, 7) is 0. The third-order valence-corrected chi connectivity index (χ3v) is 2.46. The standard InChI is InChI=1S/C10H9NO2/c11-6-10(3-4-10)8-2-1-7(12)5-9(8)13/h1-2,5,12-13H,3-4H2. The number of phenolic OH excluding ortho intramolecular Hbond substituents is 2. The third-order valence-electron chi connectivity index (χ3n) is 2.46. The Labute approximate surface area is 75.9 Å². The number of rotatable bonds is 1. The van der Waals surface area contributed by atoms with Crippen molar-refractivity contribution in [3.63, 3.8) is 0 Å². The molecule has 0 amide bonds. The predicted octanol–water partition coefficient (Wildman–Crippen LogP) is 1.65. The maximum Gasteiger partial charge on any atom is 0.124 e. The van der Waals surface area contributed by atoms with Crippen LogP contribution in [0, 0.1) is 11.3 Å². The van der Waals surface area contributed by atoms with Crippen molar-refractivity contribution in [2.45, 2.75) is 18.3 Å². The molecule has 3 nitrogen and oxygen atoms in total. The molecule has 0 atom stereocenters. The Hall–Kier alpha value is -1.69. The first kappa shape index (κ1) is 7.93. The van der Waals surface area contributed by atoms with E-state index in [4.69, 9.17) is 10.4 Å². The fourth-order valence-electron chi connectivity index (χ4n) is 1.49. The molecule has 0 spiro atoms. The molecule has 0 saturated heterocycles. The van der Waals surface area contributed by atoms with Crippen LogP contribution in [0.3, 0.4) is 0 Å². The maximum atomic E-state index is 9.49. The smallest absolute Gasteiger partial charge is 0.124 e. The lowest BCUT2D eigenvalue weighted by Gasteiger charge is -2.08. The molecule has 0 bridgehead atoms. The predicted molar refractivity (Wildman–Crippen MR) is 46.3 cm³/mol.